The lowest BCUT2D eigenvalue weighted by Gasteiger charge is -2.15. The molecule has 1 atom stereocenters. The van der Waals surface area contributed by atoms with Crippen molar-refractivity contribution in [3.05, 3.63) is 46.8 Å². The first kappa shape index (κ1) is 15.6. The van der Waals surface area contributed by atoms with E-state index in [-0.39, 0.29) is 11.9 Å². The minimum atomic E-state index is -0.0845. The highest BCUT2D eigenvalue weighted by Gasteiger charge is 2.29. The Bertz CT molecular complexity index is 685. The largest absolute Gasteiger partial charge is 0.488 e. The molecule has 23 heavy (non-hydrogen) atoms. The van der Waals surface area contributed by atoms with E-state index in [1.54, 1.807) is 6.07 Å². The van der Waals surface area contributed by atoms with Crippen LogP contribution in [-0.2, 0) is 6.61 Å². The van der Waals surface area contributed by atoms with Gasteiger partial charge in [-0.2, -0.15) is 0 Å². The van der Waals surface area contributed by atoms with Gasteiger partial charge in [0.15, 0.2) is 0 Å². The fraction of sp³-hybridized carbons (Fsp3) is 0.444. The zero-order valence-electron chi connectivity index (χ0n) is 13.8. The van der Waals surface area contributed by atoms with Crippen molar-refractivity contribution in [2.24, 2.45) is 5.92 Å². The minimum absolute atomic E-state index is 0.0845. The molecule has 2 aromatic rings. The van der Waals surface area contributed by atoms with E-state index in [1.165, 1.54) is 12.8 Å². The predicted octanol–water partition coefficient (Wildman–Crippen LogP) is 3.40. The molecule has 1 fully saturated rings. The number of nitrogens with one attached hydrogen (secondary N) is 1. The Hall–Kier alpha value is -2.30. The standard InChI is InChI=1S/C18H22N2O3/c1-11(14-8-9-14)19-18(21)15-6-4-5-7-17(15)22-10-16-12(2)20-23-13(16)3/h4-7,11,14H,8-10H2,1-3H3,(H,19,21). The van der Waals surface area contributed by atoms with Crippen LogP contribution in [-0.4, -0.2) is 17.1 Å². The van der Waals surface area contributed by atoms with Crippen molar-refractivity contribution < 1.29 is 14.1 Å². The van der Waals surface area contributed by atoms with Crippen molar-refractivity contribution in [1.82, 2.24) is 10.5 Å². The van der Waals surface area contributed by atoms with Gasteiger partial charge in [0.25, 0.3) is 5.91 Å². The van der Waals surface area contributed by atoms with Crippen molar-refractivity contribution in [2.75, 3.05) is 0 Å². The topological polar surface area (TPSA) is 64.4 Å². The van der Waals surface area contributed by atoms with E-state index in [1.807, 2.05) is 32.0 Å². The molecule has 1 heterocycles. The Morgan fingerprint density at radius 1 is 1.39 bits per heavy atom. The van der Waals surface area contributed by atoms with Gasteiger partial charge in [-0.15, -0.1) is 0 Å². The van der Waals surface area contributed by atoms with E-state index in [0.717, 1.165) is 17.0 Å². The van der Waals surface area contributed by atoms with Crippen molar-refractivity contribution in [2.45, 2.75) is 46.3 Å². The number of nitrogens with zero attached hydrogens (tertiary/aromatic N) is 1. The van der Waals surface area contributed by atoms with Crippen molar-refractivity contribution in [3.63, 3.8) is 0 Å². The lowest BCUT2D eigenvalue weighted by Crippen LogP contribution is -2.34. The summed E-state index contributed by atoms with van der Waals surface area (Å²) in [7, 11) is 0. The molecule has 0 bridgehead atoms. The molecule has 0 saturated heterocycles. The number of carbonyl (C=O) groups is 1. The summed E-state index contributed by atoms with van der Waals surface area (Å²) in [6, 6.07) is 7.52. The van der Waals surface area contributed by atoms with Crippen molar-refractivity contribution in [3.8, 4) is 5.75 Å². The van der Waals surface area contributed by atoms with Crippen LogP contribution in [0.5, 0.6) is 5.75 Å². The quantitative estimate of drug-likeness (QED) is 0.887. The molecule has 0 spiro atoms. The fourth-order valence-corrected chi connectivity index (χ4v) is 2.64. The van der Waals surface area contributed by atoms with Crippen LogP contribution in [0.2, 0.25) is 0 Å². The third-order valence-electron chi connectivity index (χ3n) is 4.37. The third kappa shape index (κ3) is 3.55. The first-order valence-electron chi connectivity index (χ1n) is 8.00. The van der Waals surface area contributed by atoms with E-state index in [2.05, 4.69) is 17.4 Å². The van der Waals surface area contributed by atoms with Crippen LogP contribution in [0.15, 0.2) is 28.8 Å². The molecule has 0 aliphatic heterocycles. The van der Waals surface area contributed by atoms with Crippen LogP contribution in [0, 0.1) is 19.8 Å². The third-order valence-corrected chi connectivity index (χ3v) is 4.37. The van der Waals surface area contributed by atoms with Crippen LogP contribution in [0.4, 0.5) is 0 Å². The number of carbonyl (C=O) groups excluding carboxylic acids is 1. The molecule has 1 amide bonds. The summed E-state index contributed by atoms with van der Waals surface area (Å²) >= 11 is 0. The molecule has 5 heteroatoms. The van der Waals surface area contributed by atoms with Gasteiger partial charge in [0.2, 0.25) is 0 Å². The van der Waals surface area contributed by atoms with E-state index in [0.29, 0.717) is 23.8 Å². The number of para-hydroxylation sites is 1. The molecular formula is C18H22N2O3. The zero-order valence-corrected chi connectivity index (χ0v) is 13.8. The van der Waals surface area contributed by atoms with Crippen molar-refractivity contribution >= 4 is 5.91 Å². The van der Waals surface area contributed by atoms with Crippen LogP contribution < -0.4 is 10.1 Å². The Labute approximate surface area is 136 Å². The van der Waals surface area contributed by atoms with Crippen molar-refractivity contribution in [1.29, 1.82) is 0 Å². The van der Waals surface area contributed by atoms with Gasteiger partial charge in [0.05, 0.1) is 16.8 Å². The average molecular weight is 314 g/mol. The van der Waals surface area contributed by atoms with Gasteiger partial charge in [-0.3, -0.25) is 4.79 Å². The second-order valence-corrected chi connectivity index (χ2v) is 6.19. The Kier molecular flexibility index (Phi) is 4.37. The van der Waals surface area contributed by atoms with E-state index in [4.69, 9.17) is 9.26 Å². The van der Waals surface area contributed by atoms with E-state index in [9.17, 15) is 4.79 Å². The molecule has 0 radical (unpaired) electrons. The van der Waals surface area contributed by atoms with E-state index >= 15 is 0 Å². The molecule has 3 rings (SSSR count). The van der Waals surface area contributed by atoms with Crippen LogP contribution in [0.3, 0.4) is 0 Å². The molecule has 1 aromatic heterocycles. The fourth-order valence-electron chi connectivity index (χ4n) is 2.64. The van der Waals surface area contributed by atoms with E-state index < -0.39 is 0 Å². The first-order valence-corrected chi connectivity index (χ1v) is 8.00. The maximum absolute atomic E-state index is 12.5. The summed E-state index contributed by atoms with van der Waals surface area (Å²) in [5.74, 6) is 1.85. The van der Waals surface area contributed by atoms with Crippen LogP contribution in [0.1, 0.15) is 47.1 Å². The molecule has 1 aliphatic carbocycles. The van der Waals surface area contributed by atoms with Gasteiger partial charge < -0.3 is 14.6 Å². The number of benzene rings is 1. The van der Waals surface area contributed by atoms with Crippen LogP contribution in [0.25, 0.3) is 0 Å². The summed E-state index contributed by atoms with van der Waals surface area (Å²) < 4.78 is 11.0. The molecule has 5 nitrogen and oxygen atoms in total. The van der Waals surface area contributed by atoms with Gasteiger partial charge in [0, 0.05) is 6.04 Å². The Morgan fingerprint density at radius 2 is 2.13 bits per heavy atom. The summed E-state index contributed by atoms with van der Waals surface area (Å²) in [5, 5.41) is 6.98. The number of amides is 1. The maximum Gasteiger partial charge on any atom is 0.255 e. The molecule has 1 unspecified atom stereocenters. The highest BCUT2D eigenvalue weighted by Crippen LogP contribution is 2.32. The Balaban J connectivity index is 1.71. The van der Waals surface area contributed by atoms with Gasteiger partial charge in [-0.25, -0.2) is 0 Å². The first-order chi connectivity index (χ1) is 11.1. The number of aryl methyl sites for hydroxylation is 2. The summed E-state index contributed by atoms with van der Waals surface area (Å²) in [4.78, 5) is 12.5. The molecule has 1 saturated carbocycles. The van der Waals surface area contributed by atoms with Gasteiger partial charge in [-0.1, -0.05) is 17.3 Å². The van der Waals surface area contributed by atoms with Gasteiger partial charge >= 0.3 is 0 Å². The SMILES string of the molecule is Cc1noc(C)c1COc1ccccc1C(=O)NC(C)C1CC1. The van der Waals surface area contributed by atoms with Gasteiger partial charge in [-0.05, 0) is 51.7 Å². The number of hydrogen-bond donors (Lipinski definition) is 1. The minimum Gasteiger partial charge on any atom is -0.488 e. The number of ether oxygens (including phenoxy) is 1. The number of rotatable bonds is 6. The molecule has 1 aliphatic rings. The summed E-state index contributed by atoms with van der Waals surface area (Å²) in [6.45, 7) is 6.13. The second kappa shape index (κ2) is 6.44. The number of hydrogen-bond acceptors (Lipinski definition) is 4. The average Bonchev–Trinajstić information content (AvgIpc) is 3.33. The summed E-state index contributed by atoms with van der Waals surface area (Å²) in [5.41, 5.74) is 2.30. The molecular weight excluding hydrogens is 292 g/mol. The maximum atomic E-state index is 12.5. The summed E-state index contributed by atoms with van der Waals surface area (Å²) in [6.07, 6.45) is 2.40. The lowest BCUT2D eigenvalue weighted by atomic mass is 10.1. The number of aromatic nitrogens is 1. The highest BCUT2D eigenvalue weighted by atomic mass is 16.5. The Morgan fingerprint density at radius 3 is 2.78 bits per heavy atom. The molecule has 122 valence electrons. The highest BCUT2D eigenvalue weighted by molar-refractivity contribution is 5.97. The van der Waals surface area contributed by atoms with Crippen LogP contribution >= 0.6 is 0 Å². The predicted molar refractivity (Wildman–Crippen MR) is 86.4 cm³/mol. The van der Waals surface area contributed by atoms with Gasteiger partial charge in [0.1, 0.15) is 18.1 Å². The normalized spacial score (nSPS) is 15.3. The zero-order chi connectivity index (χ0) is 16.4. The second-order valence-electron chi connectivity index (χ2n) is 6.19. The lowest BCUT2D eigenvalue weighted by molar-refractivity contribution is 0.0931. The molecule has 1 aromatic carbocycles. The molecule has 1 N–H and O–H groups in total. The smallest absolute Gasteiger partial charge is 0.255 e. The monoisotopic (exact) mass is 314 g/mol.